The summed E-state index contributed by atoms with van der Waals surface area (Å²) in [5.41, 5.74) is -0.371. The maximum atomic E-state index is 9.83. The molecule has 0 saturated carbocycles. The van der Waals surface area contributed by atoms with E-state index in [1.54, 1.807) is 0 Å². The monoisotopic (exact) mass is 213 g/mol. The number of aliphatic hydroxyl groups is 1. The van der Waals surface area contributed by atoms with Crippen molar-refractivity contribution in [3.05, 3.63) is 0 Å². The molecule has 15 heavy (non-hydrogen) atoms. The van der Waals surface area contributed by atoms with E-state index in [4.69, 9.17) is 4.74 Å². The van der Waals surface area contributed by atoms with E-state index in [0.717, 1.165) is 32.7 Å². The number of rotatable bonds is 5. The van der Waals surface area contributed by atoms with Crippen LogP contribution in [0.15, 0.2) is 0 Å². The Bertz CT molecular complexity index is 196. The number of likely N-dealkylation sites (tertiary alicyclic amines) is 1. The number of hydrogen-bond donors (Lipinski definition) is 1. The zero-order chi connectivity index (χ0) is 10.7. The molecule has 0 radical (unpaired) electrons. The number of hydrogen-bond acceptors (Lipinski definition) is 3. The molecule has 0 aromatic carbocycles. The van der Waals surface area contributed by atoms with Gasteiger partial charge in [-0.15, -0.1) is 0 Å². The van der Waals surface area contributed by atoms with Gasteiger partial charge in [-0.1, -0.05) is 6.92 Å². The van der Waals surface area contributed by atoms with Gasteiger partial charge in [-0.05, 0) is 38.6 Å². The molecule has 2 fully saturated rings. The van der Waals surface area contributed by atoms with E-state index in [0.29, 0.717) is 6.10 Å². The molecule has 3 heteroatoms. The van der Waals surface area contributed by atoms with Gasteiger partial charge in [-0.2, -0.15) is 0 Å². The summed E-state index contributed by atoms with van der Waals surface area (Å²) in [7, 11) is 0. The van der Waals surface area contributed by atoms with E-state index < -0.39 is 0 Å². The van der Waals surface area contributed by atoms with Crippen LogP contribution >= 0.6 is 0 Å². The molecule has 88 valence electrons. The molecule has 0 amide bonds. The second-order valence-electron chi connectivity index (χ2n) is 5.07. The van der Waals surface area contributed by atoms with Gasteiger partial charge < -0.3 is 9.84 Å². The highest BCUT2D eigenvalue weighted by atomic mass is 16.5. The molecule has 0 aliphatic carbocycles. The zero-order valence-corrected chi connectivity index (χ0v) is 9.74. The number of ether oxygens (including phenoxy) is 1. The molecule has 0 aromatic heterocycles. The fourth-order valence-electron chi connectivity index (χ4n) is 2.58. The minimum absolute atomic E-state index is 0.371. The van der Waals surface area contributed by atoms with Crippen molar-refractivity contribution in [1.29, 1.82) is 0 Å². The Labute approximate surface area is 92.4 Å². The summed E-state index contributed by atoms with van der Waals surface area (Å²) in [6.45, 7) is 5.89. The van der Waals surface area contributed by atoms with E-state index in [2.05, 4.69) is 11.8 Å². The molecule has 2 aliphatic heterocycles. The molecule has 0 bridgehead atoms. The first-order chi connectivity index (χ1) is 7.22. The van der Waals surface area contributed by atoms with Gasteiger partial charge in [0.15, 0.2) is 0 Å². The topological polar surface area (TPSA) is 32.7 Å². The maximum absolute atomic E-state index is 9.83. The average molecular weight is 213 g/mol. The molecule has 1 atom stereocenters. The van der Waals surface area contributed by atoms with Crippen molar-refractivity contribution in [2.24, 2.45) is 0 Å². The Morgan fingerprint density at radius 1 is 1.47 bits per heavy atom. The second kappa shape index (κ2) is 4.81. The van der Waals surface area contributed by atoms with Gasteiger partial charge in [0.25, 0.3) is 0 Å². The van der Waals surface area contributed by atoms with Gasteiger partial charge in [0.05, 0.1) is 11.7 Å². The zero-order valence-electron chi connectivity index (χ0n) is 9.74. The molecule has 2 heterocycles. The van der Waals surface area contributed by atoms with E-state index in [-0.39, 0.29) is 5.60 Å². The standard InChI is InChI=1S/C12H23NO2/c1-2-12(14)9-13(10-12)7-3-5-11-6-4-8-15-11/h11,14H,2-10H2,1H3. The van der Waals surface area contributed by atoms with Crippen molar-refractivity contribution in [3.63, 3.8) is 0 Å². The molecule has 2 saturated heterocycles. The highest BCUT2D eigenvalue weighted by molar-refractivity contribution is 4.94. The third kappa shape index (κ3) is 2.92. The summed E-state index contributed by atoms with van der Waals surface area (Å²) in [5.74, 6) is 0. The van der Waals surface area contributed by atoms with Gasteiger partial charge in [0, 0.05) is 19.7 Å². The van der Waals surface area contributed by atoms with Crippen molar-refractivity contribution < 1.29 is 9.84 Å². The van der Waals surface area contributed by atoms with E-state index in [1.165, 1.54) is 25.7 Å². The molecule has 1 unspecified atom stereocenters. The van der Waals surface area contributed by atoms with Crippen LogP contribution in [0.4, 0.5) is 0 Å². The smallest absolute Gasteiger partial charge is 0.0897 e. The van der Waals surface area contributed by atoms with Gasteiger partial charge in [0.1, 0.15) is 0 Å². The number of β-amino-alcohol motifs (C(OH)–C–C–N with tert-alkyl or cyclic N) is 1. The predicted octanol–water partition coefficient (Wildman–Crippen LogP) is 1.40. The Morgan fingerprint density at radius 3 is 2.87 bits per heavy atom. The lowest BCUT2D eigenvalue weighted by atomic mass is 9.91. The van der Waals surface area contributed by atoms with E-state index in [9.17, 15) is 5.11 Å². The molecule has 2 aliphatic rings. The van der Waals surface area contributed by atoms with Crippen molar-refractivity contribution in [1.82, 2.24) is 4.90 Å². The Kier molecular flexibility index (Phi) is 3.65. The Balaban J connectivity index is 1.52. The quantitative estimate of drug-likeness (QED) is 0.749. The predicted molar refractivity (Wildman–Crippen MR) is 59.9 cm³/mol. The molecule has 1 N–H and O–H groups in total. The third-order valence-electron chi connectivity index (χ3n) is 3.72. The SMILES string of the molecule is CCC1(O)CN(CCCC2CCCO2)C1. The van der Waals surface area contributed by atoms with Crippen LogP contribution in [0.25, 0.3) is 0 Å². The molecule has 3 nitrogen and oxygen atoms in total. The van der Waals surface area contributed by atoms with Gasteiger partial charge >= 0.3 is 0 Å². The second-order valence-corrected chi connectivity index (χ2v) is 5.07. The fourth-order valence-corrected chi connectivity index (χ4v) is 2.58. The lowest BCUT2D eigenvalue weighted by Gasteiger charge is -2.46. The summed E-state index contributed by atoms with van der Waals surface area (Å²) in [6, 6.07) is 0. The van der Waals surface area contributed by atoms with Crippen LogP contribution in [0.2, 0.25) is 0 Å². The van der Waals surface area contributed by atoms with Crippen LogP contribution in [0, 0.1) is 0 Å². The van der Waals surface area contributed by atoms with Crippen molar-refractivity contribution in [3.8, 4) is 0 Å². The lowest BCUT2D eigenvalue weighted by molar-refractivity contribution is -0.100. The highest BCUT2D eigenvalue weighted by Gasteiger charge is 2.38. The summed E-state index contributed by atoms with van der Waals surface area (Å²) < 4.78 is 5.58. The Hall–Kier alpha value is -0.120. The maximum Gasteiger partial charge on any atom is 0.0897 e. The van der Waals surface area contributed by atoms with Gasteiger partial charge in [-0.3, -0.25) is 4.90 Å². The number of nitrogens with zero attached hydrogens (tertiary/aromatic N) is 1. The minimum atomic E-state index is -0.371. The van der Waals surface area contributed by atoms with E-state index in [1.807, 2.05) is 0 Å². The first kappa shape index (κ1) is 11.4. The lowest BCUT2D eigenvalue weighted by Crippen LogP contribution is -2.61. The fraction of sp³-hybridized carbons (Fsp3) is 1.00. The van der Waals surface area contributed by atoms with Gasteiger partial charge in [-0.25, -0.2) is 0 Å². The molecule has 2 rings (SSSR count). The normalized spacial score (nSPS) is 30.4. The molecule has 0 spiro atoms. The molecule has 0 aromatic rings. The minimum Gasteiger partial charge on any atom is -0.387 e. The summed E-state index contributed by atoms with van der Waals surface area (Å²) >= 11 is 0. The van der Waals surface area contributed by atoms with Crippen molar-refractivity contribution in [2.75, 3.05) is 26.2 Å². The molecular formula is C12H23NO2. The largest absolute Gasteiger partial charge is 0.387 e. The van der Waals surface area contributed by atoms with Crippen LogP contribution in [0.1, 0.15) is 39.0 Å². The summed E-state index contributed by atoms with van der Waals surface area (Å²) in [6.07, 6.45) is 6.31. The average Bonchev–Trinajstić information content (AvgIpc) is 2.67. The first-order valence-corrected chi connectivity index (χ1v) is 6.28. The van der Waals surface area contributed by atoms with Crippen molar-refractivity contribution in [2.45, 2.75) is 50.7 Å². The summed E-state index contributed by atoms with van der Waals surface area (Å²) in [4.78, 5) is 2.35. The molecular weight excluding hydrogens is 190 g/mol. The van der Waals surface area contributed by atoms with Crippen LogP contribution in [-0.2, 0) is 4.74 Å². The van der Waals surface area contributed by atoms with E-state index >= 15 is 0 Å². The van der Waals surface area contributed by atoms with Crippen LogP contribution in [-0.4, -0.2) is 48.0 Å². The highest BCUT2D eigenvalue weighted by Crippen LogP contribution is 2.25. The van der Waals surface area contributed by atoms with Crippen LogP contribution in [0.3, 0.4) is 0 Å². The Morgan fingerprint density at radius 2 is 2.27 bits per heavy atom. The van der Waals surface area contributed by atoms with Crippen LogP contribution in [0.5, 0.6) is 0 Å². The van der Waals surface area contributed by atoms with Gasteiger partial charge in [0.2, 0.25) is 0 Å². The van der Waals surface area contributed by atoms with Crippen LogP contribution < -0.4 is 0 Å². The summed E-state index contributed by atoms with van der Waals surface area (Å²) in [5, 5.41) is 9.83. The third-order valence-corrected chi connectivity index (χ3v) is 3.72. The first-order valence-electron chi connectivity index (χ1n) is 6.28. The van der Waals surface area contributed by atoms with Crippen molar-refractivity contribution >= 4 is 0 Å².